The highest BCUT2D eigenvalue weighted by Gasteiger charge is 2.20. The van der Waals surface area contributed by atoms with Crippen molar-refractivity contribution in [3.8, 4) is 0 Å². The molecule has 0 amide bonds. The van der Waals surface area contributed by atoms with Crippen molar-refractivity contribution in [3.63, 3.8) is 0 Å². The van der Waals surface area contributed by atoms with Crippen molar-refractivity contribution in [1.82, 2.24) is 0 Å². The first-order valence-electron chi connectivity index (χ1n) is 9.24. The van der Waals surface area contributed by atoms with E-state index in [1.807, 2.05) is 0 Å². The summed E-state index contributed by atoms with van der Waals surface area (Å²) >= 11 is -0.822. The Balaban J connectivity index is 3.58. The van der Waals surface area contributed by atoms with Crippen LogP contribution in [-0.2, 0) is 11.2 Å². The maximum atomic E-state index is 12.1. The van der Waals surface area contributed by atoms with Crippen LogP contribution >= 0.6 is 0 Å². The van der Waals surface area contributed by atoms with E-state index in [4.69, 9.17) is 5.11 Å². The first kappa shape index (κ1) is 21.3. The molecule has 0 fully saturated rings. The molecule has 0 bridgehead atoms. The van der Waals surface area contributed by atoms with Gasteiger partial charge in [-0.2, -0.15) is 0 Å². The lowest BCUT2D eigenvalue weighted by atomic mass is 10.0. The molecule has 1 N–H and O–H groups in total. The van der Waals surface area contributed by atoms with Crippen molar-refractivity contribution in [2.45, 2.75) is 103 Å². The smallest absolute Gasteiger partial charge is 0.128 e. The van der Waals surface area contributed by atoms with Gasteiger partial charge in [-0.1, -0.05) is 71.6 Å². The molecule has 0 aromatic rings. The molecule has 0 aromatic carbocycles. The van der Waals surface area contributed by atoms with E-state index in [9.17, 15) is 4.55 Å². The molecule has 0 radical (unpaired) electrons. The number of rotatable bonds is 16. The van der Waals surface area contributed by atoms with Gasteiger partial charge in [-0.15, -0.1) is 0 Å². The van der Waals surface area contributed by atoms with Crippen LogP contribution < -0.4 is 0 Å². The summed E-state index contributed by atoms with van der Waals surface area (Å²) in [5.74, 6) is 0.464. The molecule has 0 aromatic heterocycles. The van der Waals surface area contributed by atoms with E-state index in [0.717, 1.165) is 12.8 Å². The van der Waals surface area contributed by atoms with Crippen molar-refractivity contribution < 1.29 is 9.66 Å². The summed E-state index contributed by atoms with van der Waals surface area (Å²) < 4.78 is 12.1. The van der Waals surface area contributed by atoms with Crippen molar-refractivity contribution in [1.29, 1.82) is 0 Å². The van der Waals surface area contributed by atoms with E-state index in [2.05, 4.69) is 13.8 Å². The lowest BCUT2D eigenvalue weighted by Crippen LogP contribution is -2.25. The fourth-order valence-corrected chi connectivity index (χ4v) is 4.15. The molecule has 0 aliphatic carbocycles. The molecule has 0 spiro atoms. The molecule has 0 aliphatic heterocycles. The molecular weight excluding hydrogens is 280 g/mol. The number of hydrogen-bond donors (Lipinski definition) is 1. The average Bonchev–Trinajstić information content (AvgIpc) is 2.48. The van der Waals surface area contributed by atoms with Gasteiger partial charge in [-0.05, 0) is 36.9 Å². The number of hydrogen-bond acceptors (Lipinski definition) is 2. The predicted molar refractivity (Wildman–Crippen MR) is 95.3 cm³/mol. The van der Waals surface area contributed by atoms with Crippen LogP contribution in [0.25, 0.3) is 0 Å². The maximum Gasteiger partial charge on any atom is 0.128 e. The topological polar surface area (TPSA) is 43.3 Å². The maximum absolute atomic E-state index is 12.1. The first-order chi connectivity index (χ1) is 10.3. The lowest BCUT2D eigenvalue weighted by Gasteiger charge is -2.21. The van der Waals surface area contributed by atoms with E-state index in [1.54, 1.807) is 0 Å². The van der Waals surface area contributed by atoms with Crippen LogP contribution in [0.4, 0.5) is 0 Å². The molecular formula is C18H38O2S. The Kier molecular flexibility index (Phi) is 16.9. The second-order valence-corrected chi connectivity index (χ2v) is 8.03. The van der Waals surface area contributed by atoms with Crippen LogP contribution in [0.2, 0.25) is 0 Å². The minimum atomic E-state index is -0.822. The van der Waals surface area contributed by atoms with Crippen molar-refractivity contribution >= 4 is 11.2 Å². The molecule has 0 aliphatic rings. The summed E-state index contributed by atoms with van der Waals surface area (Å²) in [7, 11) is 0. The van der Waals surface area contributed by atoms with Gasteiger partial charge in [-0.3, -0.25) is 0 Å². The van der Waals surface area contributed by atoms with E-state index < -0.39 is 11.2 Å². The predicted octanol–water partition coefficient (Wildman–Crippen LogP) is 5.21. The summed E-state index contributed by atoms with van der Waals surface area (Å²) in [5.41, 5.74) is 0. The first-order valence-corrected chi connectivity index (χ1v) is 10.6. The molecule has 2 unspecified atom stereocenters. The van der Waals surface area contributed by atoms with E-state index in [1.165, 1.54) is 70.6 Å². The normalized spacial score (nSPS) is 14.3. The number of aliphatic hydroxyl groups is 1. The monoisotopic (exact) mass is 318 g/mol. The summed E-state index contributed by atoms with van der Waals surface area (Å²) in [6.45, 7) is 4.51. The van der Waals surface area contributed by atoms with Crippen LogP contribution in [0.3, 0.4) is 0 Å². The van der Waals surface area contributed by atoms with Gasteiger partial charge < -0.3 is 9.66 Å². The molecule has 2 nitrogen and oxygen atoms in total. The van der Waals surface area contributed by atoms with Gasteiger partial charge >= 0.3 is 0 Å². The van der Waals surface area contributed by atoms with Crippen LogP contribution in [0, 0.1) is 0 Å². The van der Waals surface area contributed by atoms with E-state index >= 15 is 0 Å². The van der Waals surface area contributed by atoms with Crippen LogP contribution in [-0.4, -0.2) is 27.3 Å². The lowest BCUT2D eigenvalue weighted by molar-refractivity contribution is 0.318. The minimum absolute atomic E-state index is 0.0625. The Hall–Kier alpha value is 0.270. The SMILES string of the molecule is CCCCCCCCCCCC(CCCC)[S+]([O-])CCO. The molecule has 128 valence electrons. The van der Waals surface area contributed by atoms with Crippen molar-refractivity contribution in [2.75, 3.05) is 12.4 Å². The van der Waals surface area contributed by atoms with Crippen LogP contribution in [0.1, 0.15) is 97.3 Å². The van der Waals surface area contributed by atoms with Gasteiger partial charge in [-0.25, -0.2) is 0 Å². The van der Waals surface area contributed by atoms with Gasteiger partial charge in [0.15, 0.2) is 0 Å². The quantitative estimate of drug-likeness (QED) is 0.314. The third kappa shape index (κ3) is 13.6. The Bertz CT molecular complexity index is 200. The van der Waals surface area contributed by atoms with Gasteiger partial charge in [0.05, 0.1) is 6.61 Å². The van der Waals surface area contributed by atoms with Crippen molar-refractivity contribution in [2.24, 2.45) is 0 Å². The van der Waals surface area contributed by atoms with Gasteiger partial charge in [0.25, 0.3) is 0 Å². The largest absolute Gasteiger partial charge is 0.616 e. The highest BCUT2D eigenvalue weighted by molar-refractivity contribution is 7.92. The van der Waals surface area contributed by atoms with Crippen LogP contribution in [0.5, 0.6) is 0 Å². The highest BCUT2D eigenvalue weighted by Crippen LogP contribution is 2.19. The zero-order valence-corrected chi connectivity index (χ0v) is 15.3. The number of unbranched alkanes of at least 4 members (excludes halogenated alkanes) is 9. The zero-order chi connectivity index (χ0) is 15.8. The Morgan fingerprint density at radius 2 is 1.24 bits per heavy atom. The second-order valence-electron chi connectivity index (χ2n) is 6.19. The third-order valence-electron chi connectivity index (χ3n) is 4.17. The summed E-state index contributed by atoms with van der Waals surface area (Å²) in [4.78, 5) is 0. The van der Waals surface area contributed by atoms with Crippen LogP contribution in [0.15, 0.2) is 0 Å². The number of aliphatic hydroxyl groups excluding tert-OH is 1. The summed E-state index contributed by atoms with van der Waals surface area (Å²) in [5, 5.41) is 9.27. The van der Waals surface area contributed by atoms with Crippen molar-refractivity contribution in [3.05, 3.63) is 0 Å². The van der Waals surface area contributed by atoms with Gasteiger partial charge in [0, 0.05) is 0 Å². The Morgan fingerprint density at radius 1 is 0.762 bits per heavy atom. The molecule has 0 saturated carbocycles. The minimum Gasteiger partial charge on any atom is -0.616 e. The Labute approximate surface area is 136 Å². The van der Waals surface area contributed by atoms with Gasteiger partial charge in [0.2, 0.25) is 0 Å². The molecule has 21 heavy (non-hydrogen) atoms. The molecule has 2 atom stereocenters. The third-order valence-corrected chi connectivity index (χ3v) is 5.97. The summed E-state index contributed by atoms with van der Waals surface area (Å²) in [6, 6.07) is 0. The Morgan fingerprint density at radius 3 is 1.76 bits per heavy atom. The fraction of sp³-hybridized carbons (Fsp3) is 1.00. The van der Waals surface area contributed by atoms with Gasteiger partial charge in [0.1, 0.15) is 11.0 Å². The molecule has 0 saturated heterocycles. The second kappa shape index (κ2) is 16.6. The zero-order valence-electron chi connectivity index (χ0n) is 14.4. The molecule has 0 rings (SSSR count). The molecule has 3 heteroatoms. The average molecular weight is 319 g/mol. The fourth-order valence-electron chi connectivity index (χ4n) is 2.78. The highest BCUT2D eigenvalue weighted by atomic mass is 32.2. The van der Waals surface area contributed by atoms with E-state index in [0.29, 0.717) is 11.0 Å². The molecule has 0 heterocycles. The van der Waals surface area contributed by atoms with E-state index in [-0.39, 0.29) is 6.61 Å². The summed E-state index contributed by atoms with van der Waals surface area (Å²) in [6.07, 6.45) is 16.6. The standard InChI is InChI=1S/C18H38O2S/c1-3-5-7-8-9-10-11-12-13-15-18(14-6-4-2)21(20)17-16-19/h18-19H,3-17H2,1-2H3.